The van der Waals surface area contributed by atoms with Crippen LogP contribution in [0.4, 0.5) is 0 Å². The summed E-state index contributed by atoms with van der Waals surface area (Å²) in [6.45, 7) is 1.68. The first-order valence-corrected chi connectivity index (χ1v) is 7.74. The van der Waals surface area contributed by atoms with E-state index in [2.05, 4.69) is 0 Å². The van der Waals surface area contributed by atoms with Crippen molar-refractivity contribution in [2.75, 3.05) is 6.61 Å². The predicted octanol–water partition coefficient (Wildman–Crippen LogP) is 4.08. The van der Waals surface area contributed by atoms with Gasteiger partial charge in [-0.3, -0.25) is 4.79 Å². The van der Waals surface area contributed by atoms with Gasteiger partial charge < -0.3 is 9.15 Å². The number of carbonyl (C=O) groups is 1. The van der Waals surface area contributed by atoms with Crippen molar-refractivity contribution in [1.29, 1.82) is 0 Å². The summed E-state index contributed by atoms with van der Waals surface area (Å²) in [5, 5.41) is 2.93. The van der Waals surface area contributed by atoms with Crippen LogP contribution in [0.1, 0.15) is 15.2 Å². The summed E-state index contributed by atoms with van der Waals surface area (Å²) in [7, 11) is 0. The number of ketones is 1. The molecule has 3 rings (SSSR count). The molecule has 0 aliphatic heterocycles. The molecule has 4 nitrogen and oxygen atoms in total. The van der Waals surface area contributed by atoms with E-state index in [9.17, 15) is 9.59 Å². The van der Waals surface area contributed by atoms with Gasteiger partial charge in [0.05, 0.1) is 9.90 Å². The minimum absolute atomic E-state index is 0.123. The summed E-state index contributed by atoms with van der Waals surface area (Å²) in [5.74, 6) is 0.185. The van der Waals surface area contributed by atoms with Crippen LogP contribution in [0.15, 0.2) is 44.9 Å². The molecule has 0 aliphatic rings. The summed E-state index contributed by atoms with van der Waals surface area (Å²) in [4.78, 5) is 24.0. The van der Waals surface area contributed by atoms with Gasteiger partial charge in [0.2, 0.25) is 5.78 Å². The number of ether oxygens (including phenoxy) is 1. The van der Waals surface area contributed by atoms with Crippen LogP contribution < -0.4 is 10.4 Å². The molecule has 0 fully saturated rings. The highest BCUT2D eigenvalue weighted by Gasteiger charge is 2.12. The third-order valence-electron chi connectivity index (χ3n) is 3.16. The van der Waals surface area contributed by atoms with Crippen molar-refractivity contribution in [2.24, 2.45) is 0 Å². The number of benzene rings is 1. The Balaban J connectivity index is 1.89. The maximum Gasteiger partial charge on any atom is 0.336 e. The summed E-state index contributed by atoms with van der Waals surface area (Å²) in [6.07, 6.45) is 0. The van der Waals surface area contributed by atoms with Gasteiger partial charge in [-0.25, -0.2) is 4.79 Å². The lowest BCUT2D eigenvalue weighted by Gasteiger charge is -2.09. The quantitative estimate of drug-likeness (QED) is 0.533. The Bertz CT molecular complexity index is 896. The topological polar surface area (TPSA) is 56.5 Å². The van der Waals surface area contributed by atoms with Crippen molar-refractivity contribution in [3.05, 3.63) is 61.6 Å². The maximum absolute atomic E-state index is 11.9. The van der Waals surface area contributed by atoms with Crippen molar-refractivity contribution in [2.45, 2.75) is 6.92 Å². The van der Waals surface area contributed by atoms with Crippen molar-refractivity contribution in [1.82, 2.24) is 0 Å². The second kappa shape index (κ2) is 5.94. The van der Waals surface area contributed by atoms with E-state index in [1.807, 2.05) is 5.38 Å². The first-order valence-electron chi connectivity index (χ1n) is 6.48. The van der Waals surface area contributed by atoms with E-state index < -0.39 is 5.63 Å². The van der Waals surface area contributed by atoms with Crippen LogP contribution in [0, 0.1) is 6.92 Å². The molecule has 0 N–H and O–H groups in total. The van der Waals surface area contributed by atoms with Gasteiger partial charge in [0.25, 0.3) is 0 Å². The van der Waals surface area contributed by atoms with Crippen LogP contribution >= 0.6 is 22.9 Å². The Morgan fingerprint density at radius 1 is 1.36 bits per heavy atom. The van der Waals surface area contributed by atoms with E-state index in [1.165, 1.54) is 23.5 Å². The molecule has 2 heterocycles. The lowest BCUT2D eigenvalue weighted by molar-refractivity contribution is 0.0925. The van der Waals surface area contributed by atoms with E-state index in [4.69, 9.17) is 20.8 Å². The zero-order valence-electron chi connectivity index (χ0n) is 11.6. The van der Waals surface area contributed by atoms with E-state index in [1.54, 1.807) is 25.1 Å². The van der Waals surface area contributed by atoms with Crippen LogP contribution in [0.2, 0.25) is 5.02 Å². The maximum atomic E-state index is 11.9. The van der Waals surface area contributed by atoms with Gasteiger partial charge >= 0.3 is 5.63 Å². The molecule has 0 unspecified atom stereocenters. The van der Waals surface area contributed by atoms with E-state index in [0.29, 0.717) is 21.2 Å². The van der Waals surface area contributed by atoms with Gasteiger partial charge in [0.15, 0.2) is 6.61 Å². The second-order valence-electron chi connectivity index (χ2n) is 4.72. The fourth-order valence-corrected chi connectivity index (χ4v) is 2.95. The summed E-state index contributed by atoms with van der Waals surface area (Å²) in [6, 6.07) is 8.15. The normalized spacial score (nSPS) is 10.8. The lowest BCUT2D eigenvalue weighted by atomic mass is 10.1. The zero-order chi connectivity index (χ0) is 15.7. The molecule has 3 aromatic rings. The van der Waals surface area contributed by atoms with Gasteiger partial charge in [-0.15, -0.1) is 11.3 Å². The third-order valence-corrected chi connectivity index (χ3v) is 4.36. The number of hydrogen-bond donors (Lipinski definition) is 0. The molecule has 1 aromatic carbocycles. The highest BCUT2D eigenvalue weighted by Crippen LogP contribution is 2.31. The summed E-state index contributed by atoms with van der Waals surface area (Å²) < 4.78 is 10.6. The molecule has 0 saturated heterocycles. The molecule has 0 saturated carbocycles. The highest BCUT2D eigenvalue weighted by atomic mass is 35.5. The Morgan fingerprint density at radius 2 is 2.18 bits per heavy atom. The molecule has 0 amide bonds. The zero-order valence-corrected chi connectivity index (χ0v) is 13.2. The smallest absolute Gasteiger partial charge is 0.336 e. The second-order valence-corrected chi connectivity index (χ2v) is 6.07. The first-order chi connectivity index (χ1) is 10.5. The molecule has 6 heteroatoms. The Hall–Kier alpha value is -2.11. The van der Waals surface area contributed by atoms with Crippen molar-refractivity contribution in [3.63, 3.8) is 0 Å². The SMILES string of the molecule is Cc1cc(=O)oc2cc(OCC(=O)c3cccs3)c(Cl)cc12. The van der Waals surface area contributed by atoms with Gasteiger partial charge in [-0.05, 0) is 30.0 Å². The van der Waals surface area contributed by atoms with E-state index >= 15 is 0 Å². The molecular formula is C16H11ClO4S. The number of hydrogen-bond acceptors (Lipinski definition) is 5. The Labute approximate surface area is 134 Å². The van der Waals surface area contributed by atoms with Crippen molar-refractivity contribution < 1.29 is 13.9 Å². The predicted molar refractivity (Wildman–Crippen MR) is 86.4 cm³/mol. The Morgan fingerprint density at radius 3 is 2.91 bits per heavy atom. The van der Waals surface area contributed by atoms with Gasteiger partial charge in [0.1, 0.15) is 11.3 Å². The molecular weight excluding hydrogens is 324 g/mol. The average Bonchev–Trinajstić information content (AvgIpc) is 3.00. The van der Waals surface area contributed by atoms with Gasteiger partial charge in [0, 0.05) is 17.5 Å². The monoisotopic (exact) mass is 334 g/mol. The molecule has 0 radical (unpaired) electrons. The standard InChI is InChI=1S/C16H11ClO4S/c1-9-5-16(19)21-13-7-14(11(17)6-10(9)13)20-8-12(18)15-3-2-4-22-15/h2-7H,8H2,1H3. The van der Waals surface area contributed by atoms with Crippen LogP contribution in [0.3, 0.4) is 0 Å². The van der Waals surface area contributed by atoms with Gasteiger partial charge in [-0.1, -0.05) is 17.7 Å². The third kappa shape index (κ3) is 2.91. The fourth-order valence-electron chi connectivity index (χ4n) is 2.08. The minimum Gasteiger partial charge on any atom is -0.484 e. The minimum atomic E-state index is -0.437. The Kier molecular flexibility index (Phi) is 4.00. The van der Waals surface area contributed by atoms with Crippen LogP contribution in [-0.4, -0.2) is 12.4 Å². The van der Waals surface area contributed by atoms with Crippen LogP contribution in [0.5, 0.6) is 5.75 Å². The highest BCUT2D eigenvalue weighted by molar-refractivity contribution is 7.12. The first kappa shape index (κ1) is 14.8. The number of thiophene rings is 1. The van der Waals surface area contributed by atoms with E-state index in [-0.39, 0.29) is 12.4 Å². The number of aryl methyl sites for hydroxylation is 1. The largest absolute Gasteiger partial charge is 0.484 e. The molecule has 0 bridgehead atoms. The fraction of sp³-hybridized carbons (Fsp3) is 0.125. The number of Topliss-reactive ketones (excluding diaryl/α,β-unsaturated/α-hetero) is 1. The molecule has 0 aliphatic carbocycles. The number of carbonyl (C=O) groups excluding carboxylic acids is 1. The van der Waals surface area contributed by atoms with Crippen LogP contribution in [0.25, 0.3) is 11.0 Å². The number of halogens is 1. The molecule has 2 aromatic heterocycles. The van der Waals surface area contributed by atoms with Crippen LogP contribution in [-0.2, 0) is 0 Å². The number of rotatable bonds is 4. The number of fused-ring (bicyclic) bond motifs is 1. The molecule has 112 valence electrons. The van der Waals surface area contributed by atoms with Gasteiger partial charge in [-0.2, -0.15) is 0 Å². The summed E-state index contributed by atoms with van der Waals surface area (Å²) in [5.41, 5.74) is 0.718. The molecule has 0 atom stereocenters. The van der Waals surface area contributed by atoms with E-state index in [0.717, 1.165) is 10.9 Å². The lowest BCUT2D eigenvalue weighted by Crippen LogP contribution is -2.10. The molecule has 0 spiro atoms. The average molecular weight is 335 g/mol. The van der Waals surface area contributed by atoms with Crippen molar-refractivity contribution in [3.8, 4) is 5.75 Å². The molecule has 22 heavy (non-hydrogen) atoms. The van der Waals surface area contributed by atoms with Crippen molar-refractivity contribution >= 4 is 39.7 Å². The summed E-state index contributed by atoms with van der Waals surface area (Å²) >= 11 is 7.52.